The molecule has 0 saturated carbocycles. The molecule has 1 atom stereocenters. The summed E-state index contributed by atoms with van der Waals surface area (Å²) in [6.07, 6.45) is 6.53. The molecule has 15 heavy (non-hydrogen) atoms. The quantitative estimate of drug-likeness (QED) is 0.657. The van der Waals surface area contributed by atoms with Crippen molar-refractivity contribution >= 4 is 15.9 Å². The topological polar surface area (TPSA) is 20.2 Å². The van der Waals surface area contributed by atoms with Crippen molar-refractivity contribution in [2.75, 3.05) is 0 Å². The molecular formula is C12H12BrFO. The van der Waals surface area contributed by atoms with Crippen LogP contribution in [0.25, 0.3) is 0 Å². The molecule has 0 aliphatic rings. The average Bonchev–Trinajstić information content (AvgIpc) is 2.17. The van der Waals surface area contributed by atoms with E-state index < -0.39 is 6.10 Å². The minimum absolute atomic E-state index is 0.318. The summed E-state index contributed by atoms with van der Waals surface area (Å²) in [7, 11) is 0. The highest BCUT2D eigenvalue weighted by Crippen LogP contribution is 2.27. The van der Waals surface area contributed by atoms with Crippen LogP contribution in [0.4, 0.5) is 4.39 Å². The van der Waals surface area contributed by atoms with Gasteiger partial charge in [-0.15, -0.1) is 12.3 Å². The van der Waals surface area contributed by atoms with E-state index in [1.165, 1.54) is 12.1 Å². The van der Waals surface area contributed by atoms with Crippen LogP contribution in [0.3, 0.4) is 0 Å². The van der Waals surface area contributed by atoms with E-state index in [4.69, 9.17) is 6.42 Å². The summed E-state index contributed by atoms with van der Waals surface area (Å²) in [6.45, 7) is 0. The fraction of sp³-hybridized carbons (Fsp3) is 0.333. The maximum Gasteiger partial charge on any atom is 0.124 e. The van der Waals surface area contributed by atoms with E-state index in [9.17, 15) is 9.50 Å². The third-order valence-corrected chi connectivity index (χ3v) is 2.81. The van der Waals surface area contributed by atoms with E-state index >= 15 is 0 Å². The largest absolute Gasteiger partial charge is 0.388 e. The van der Waals surface area contributed by atoms with Gasteiger partial charge in [-0.2, -0.15) is 0 Å². The van der Waals surface area contributed by atoms with Crippen molar-refractivity contribution in [3.8, 4) is 12.3 Å². The highest BCUT2D eigenvalue weighted by atomic mass is 79.9. The molecular weight excluding hydrogens is 259 g/mol. The number of aliphatic hydroxyl groups is 1. The van der Waals surface area contributed by atoms with Crippen molar-refractivity contribution in [2.45, 2.75) is 25.4 Å². The molecule has 0 saturated heterocycles. The minimum Gasteiger partial charge on any atom is -0.388 e. The first-order valence-corrected chi connectivity index (χ1v) is 5.51. The number of hydrogen-bond donors (Lipinski definition) is 1. The Morgan fingerprint density at radius 1 is 1.53 bits per heavy atom. The summed E-state index contributed by atoms with van der Waals surface area (Å²) in [4.78, 5) is 0. The molecule has 0 spiro atoms. The molecule has 0 radical (unpaired) electrons. The number of terminal acetylenes is 1. The summed E-state index contributed by atoms with van der Waals surface area (Å²) in [5.41, 5.74) is 0.702. The van der Waals surface area contributed by atoms with Crippen molar-refractivity contribution in [1.82, 2.24) is 0 Å². The predicted molar refractivity (Wildman–Crippen MR) is 61.7 cm³/mol. The second-order valence-corrected chi connectivity index (χ2v) is 4.13. The highest BCUT2D eigenvalue weighted by Gasteiger charge is 2.11. The highest BCUT2D eigenvalue weighted by molar-refractivity contribution is 9.10. The van der Waals surface area contributed by atoms with E-state index in [-0.39, 0.29) is 5.82 Å². The first-order chi connectivity index (χ1) is 7.15. The van der Waals surface area contributed by atoms with Crippen LogP contribution in [0.1, 0.15) is 30.9 Å². The fourth-order valence-corrected chi connectivity index (χ4v) is 1.94. The van der Waals surface area contributed by atoms with Gasteiger partial charge in [-0.05, 0) is 30.5 Å². The van der Waals surface area contributed by atoms with Gasteiger partial charge in [0.15, 0.2) is 0 Å². The van der Waals surface area contributed by atoms with Crippen molar-refractivity contribution in [1.29, 1.82) is 0 Å². The molecule has 0 fully saturated rings. The van der Waals surface area contributed by atoms with E-state index in [1.807, 2.05) is 0 Å². The van der Waals surface area contributed by atoms with Crippen molar-refractivity contribution in [2.24, 2.45) is 0 Å². The second-order valence-electron chi connectivity index (χ2n) is 3.28. The molecule has 1 nitrogen and oxygen atoms in total. The Morgan fingerprint density at radius 3 is 2.87 bits per heavy atom. The first kappa shape index (κ1) is 12.2. The number of benzene rings is 1. The van der Waals surface area contributed by atoms with Gasteiger partial charge in [-0.1, -0.05) is 22.0 Å². The normalized spacial score (nSPS) is 12.1. The zero-order valence-electron chi connectivity index (χ0n) is 8.21. The summed E-state index contributed by atoms with van der Waals surface area (Å²) in [5, 5.41) is 9.80. The van der Waals surface area contributed by atoms with E-state index in [2.05, 4.69) is 21.9 Å². The molecule has 0 aliphatic carbocycles. The number of halogens is 2. The number of aliphatic hydroxyl groups excluding tert-OH is 1. The van der Waals surface area contributed by atoms with Crippen molar-refractivity contribution < 1.29 is 9.50 Å². The van der Waals surface area contributed by atoms with Crippen LogP contribution < -0.4 is 0 Å². The molecule has 0 aromatic heterocycles. The molecule has 1 aromatic carbocycles. The maximum atomic E-state index is 12.8. The summed E-state index contributed by atoms with van der Waals surface area (Å²) < 4.78 is 13.4. The number of rotatable bonds is 4. The lowest BCUT2D eigenvalue weighted by molar-refractivity contribution is 0.164. The van der Waals surface area contributed by atoms with Crippen molar-refractivity contribution in [3.63, 3.8) is 0 Å². The standard InChI is InChI=1S/C12H12BrFO/c1-2-3-4-5-12(15)10-7-6-9(14)8-11(10)13/h1,6-8,12,15H,3-5H2. The lowest BCUT2D eigenvalue weighted by atomic mass is 10.0. The van der Waals surface area contributed by atoms with Gasteiger partial charge in [0, 0.05) is 10.9 Å². The van der Waals surface area contributed by atoms with Gasteiger partial charge < -0.3 is 5.11 Å². The average molecular weight is 271 g/mol. The monoisotopic (exact) mass is 270 g/mol. The Labute approximate surface area is 97.4 Å². The SMILES string of the molecule is C#CCCCC(O)c1ccc(F)cc1Br. The van der Waals surface area contributed by atoms with Gasteiger partial charge in [0.1, 0.15) is 5.82 Å². The zero-order valence-corrected chi connectivity index (χ0v) is 9.80. The number of hydrogen-bond acceptors (Lipinski definition) is 1. The van der Waals surface area contributed by atoms with Gasteiger partial charge in [-0.25, -0.2) is 4.39 Å². The Bertz CT molecular complexity index is 370. The Morgan fingerprint density at radius 2 is 2.27 bits per heavy atom. The predicted octanol–water partition coefficient (Wildman–Crippen LogP) is 3.43. The Hall–Kier alpha value is -0.850. The fourth-order valence-electron chi connectivity index (χ4n) is 1.32. The molecule has 1 N–H and O–H groups in total. The Kier molecular flexibility index (Phi) is 4.80. The molecule has 0 amide bonds. The van der Waals surface area contributed by atoms with Crippen LogP contribution in [-0.4, -0.2) is 5.11 Å². The van der Waals surface area contributed by atoms with E-state index in [0.29, 0.717) is 22.9 Å². The van der Waals surface area contributed by atoms with Gasteiger partial charge in [-0.3, -0.25) is 0 Å². The van der Waals surface area contributed by atoms with Crippen LogP contribution >= 0.6 is 15.9 Å². The Balaban J connectivity index is 2.66. The van der Waals surface area contributed by atoms with Crippen molar-refractivity contribution in [3.05, 3.63) is 34.1 Å². The summed E-state index contributed by atoms with van der Waals surface area (Å²) in [5.74, 6) is 2.20. The minimum atomic E-state index is -0.590. The van der Waals surface area contributed by atoms with Crippen LogP contribution in [0.15, 0.2) is 22.7 Å². The van der Waals surface area contributed by atoms with E-state index in [1.54, 1.807) is 6.07 Å². The molecule has 80 valence electrons. The van der Waals surface area contributed by atoms with Gasteiger partial charge in [0.25, 0.3) is 0 Å². The molecule has 1 aromatic rings. The molecule has 1 rings (SSSR count). The van der Waals surface area contributed by atoms with Crippen LogP contribution in [-0.2, 0) is 0 Å². The van der Waals surface area contributed by atoms with Crippen LogP contribution in [0.2, 0.25) is 0 Å². The second kappa shape index (κ2) is 5.89. The third kappa shape index (κ3) is 3.65. The zero-order chi connectivity index (χ0) is 11.3. The molecule has 0 heterocycles. The van der Waals surface area contributed by atoms with Gasteiger partial charge >= 0.3 is 0 Å². The summed E-state index contributed by atoms with van der Waals surface area (Å²) >= 11 is 3.22. The van der Waals surface area contributed by atoms with Crippen LogP contribution in [0, 0.1) is 18.2 Å². The maximum absolute atomic E-state index is 12.8. The molecule has 1 unspecified atom stereocenters. The molecule has 0 aliphatic heterocycles. The summed E-state index contributed by atoms with van der Waals surface area (Å²) in [6, 6.07) is 4.27. The van der Waals surface area contributed by atoms with E-state index in [0.717, 1.165) is 6.42 Å². The number of unbranched alkanes of at least 4 members (excludes halogenated alkanes) is 1. The molecule has 3 heteroatoms. The van der Waals surface area contributed by atoms with Crippen LogP contribution in [0.5, 0.6) is 0 Å². The van der Waals surface area contributed by atoms with Gasteiger partial charge in [0.05, 0.1) is 6.10 Å². The lowest BCUT2D eigenvalue weighted by Gasteiger charge is -2.11. The first-order valence-electron chi connectivity index (χ1n) is 4.71. The lowest BCUT2D eigenvalue weighted by Crippen LogP contribution is -1.98. The smallest absolute Gasteiger partial charge is 0.124 e. The third-order valence-electron chi connectivity index (χ3n) is 2.12. The van der Waals surface area contributed by atoms with Gasteiger partial charge in [0.2, 0.25) is 0 Å². The molecule has 0 bridgehead atoms.